The second-order valence-corrected chi connectivity index (χ2v) is 5.44. The maximum Gasteiger partial charge on any atom is 0.292 e. The molecule has 0 bridgehead atoms. The molecule has 7 nitrogen and oxygen atoms in total. The smallest absolute Gasteiger partial charge is 0.292 e. The highest BCUT2D eigenvalue weighted by molar-refractivity contribution is 5.94. The molecule has 1 amide bonds. The van der Waals surface area contributed by atoms with E-state index >= 15 is 0 Å². The van der Waals surface area contributed by atoms with Crippen molar-refractivity contribution in [3.63, 3.8) is 0 Å². The molecule has 2 rings (SSSR count). The summed E-state index contributed by atoms with van der Waals surface area (Å²) in [7, 11) is 0. The number of nitrogens with zero attached hydrogens (tertiary/aromatic N) is 2. The van der Waals surface area contributed by atoms with Crippen LogP contribution < -0.4 is 16.4 Å². The number of nitro groups is 1. The Hall–Kier alpha value is -2.15. The van der Waals surface area contributed by atoms with Gasteiger partial charge in [-0.1, -0.05) is 0 Å². The van der Waals surface area contributed by atoms with Gasteiger partial charge in [0.25, 0.3) is 5.69 Å². The highest BCUT2D eigenvalue weighted by Crippen LogP contribution is 2.34. The average molecular weight is 292 g/mol. The van der Waals surface area contributed by atoms with Crippen LogP contribution in [0.4, 0.5) is 11.4 Å². The van der Waals surface area contributed by atoms with E-state index in [-0.39, 0.29) is 23.3 Å². The van der Waals surface area contributed by atoms with Crippen LogP contribution in [0.25, 0.3) is 0 Å². The Kier molecular flexibility index (Phi) is 4.42. The number of piperidine rings is 1. The van der Waals surface area contributed by atoms with Crippen molar-refractivity contribution in [3.05, 3.63) is 33.9 Å². The zero-order valence-corrected chi connectivity index (χ0v) is 12.0. The van der Waals surface area contributed by atoms with Crippen LogP contribution in [-0.2, 0) is 0 Å². The summed E-state index contributed by atoms with van der Waals surface area (Å²) in [6.07, 6.45) is 2.88. The minimum Gasteiger partial charge on any atom is -0.366 e. The first kappa shape index (κ1) is 15.2. The Morgan fingerprint density at radius 3 is 2.76 bits per heavy atom. The molecule has 0 saturated carbocycles. The number of rotatable bonds is 4. The fourth-order valence-electron chi connectivity index (χ4n) is 2.86. The predicted molar refractivity (Wildman–Crippen MR) is 80.2 cm³/mol. The van der Waals surface area contributed by atoms with Crippen molar-refractivity contribution >= 4 is 17.3 Å². The van der Waals surface area contributed by atoms with Gasteiger partial charge in [-0.3, -0.25) is 14.9 Å². The van der Waals surface area contributed by atoms with Crippen LogP contribution in [0.15, 0.2) is 18.2 Å². The van der Waals surface area contributed by atoms with E-state index in [0.717, 1.165) is 19.3 Å². The Balaban J connectivity index is 2.50. The fourth-order valence-corrected chi connectivity index (χ4v) is 2.86. The molecule has 1 fully saturated rings. The molecular formula is C14H20N4O3. The van der Waals surface area contributed by atoms with Gasteiger partial charge in [0.05, 0.1) is 4.92 Å². The maximum absolute atomic E-state index is 11.3. The van der Waals surface area contributed by atoms with Gasteiger partial charge in [0.15, 0.2) is 0 Å². The fraction of sp³-hybridized carbons (Fsp3) is 0.500. The van der Waals surface area contributed by atoms with Crippen molar-refractivity contribution in [2.45, 2.75) is 38.3 Å². The predicted octanol–water partition coefficient (Wildman–Crippen LogP) is 1.40. The second kappa shape index (κ2) is 6.09. The summed E-state index contributed by atoms with van der Waals surface area (Å²) in [6, 6.07) is 4.14. The first-order valence-electron chi connectivity index (χ1n) is 7.02. The van der Waals surface area contributed by atoms with E-state index in [9.17, 15) is 14.9 Å². The largest absolute Gasteiger partial charge is 0.366 e. The maximum atomic E-state index is 11.3. The Labute approximate surface area is 123 Å². The molecule has 1 aliphatic heterocycles. The summed E-state index contributed by atoms with van der Waals surface area (Å²) in [4.78, 5) is 24.1. The van der Waals surface area contributed by atoms with E-state index in [4.69, 9.17) is 11.5 Å². The molecule has 4 N–H and O–H groups in total. The lowest BCUT2D eigenvalue weighted by Gasteiger charge is -2.39. The van der Waals surface area contributed by atoms with Crippen LogP contribution in [0, 0.1) is 10.1 Å². The summed E-state index contributed by atoms with van der Waals surface area (Å²) in [5, 5.41) is 11.3. The van der Waals surface area contributed by atoms with Crippen molar-refractivity contribution in [1.82, 2.24) is 0 Å². The minimum atomic E-state index is -0.597. The molecule has 1 heterocycles. The van der Waals surface area contributed by atoms with Crippen LogP contribution in [0.3, 0.4) is 0 Å². The molecule has 0 aliphatic carbocycles. The van der Waals surface area contributed by atoms with Gasteiger partial charge in [-0.2, -0.15) is 0 Å². The molecule has 0 aromatic heterocycles. The van der Waals surface area contributed by atoms with Gasteiger partial charge in [0, 0.05) is 30.3 Å². The Morgan fingerprint density at radius 2 is 2.19 bits per heavy atom. The molecular weight excluding hydrogens is 272 g/mol. The van der Waals surface area contributed by atoms with E-state index in [1.165, 1.54) is 18.2 Å². The van der Waals surface area contributed by atoms with Crippen molar-refractivity contribution in [1.29, 1.82) is 0 Å². The number of carbonyl (C=O) groups is 1. The first-order valence-corrected chi connectivity index (χ1v) is 7.02. The lowest BCUT2D eigenvalue weighted by Crippen LogP contribution is -2.49. The van der Waals surface area contributed by atoms with E-state index in [0.29, 0.717) is 12.2 Å². The van der Waals surface area contributed by atoms with Gasteiger partial charge < -0.3 is 16.4 Å². The SMILES string of the molecule is CC(N)C1CCCCN1c1cc(C(N)=O)ccc1[N+](=O)[O-]. The standard InChI is InChI=1S/C14H20N4O3/c1-9(15)11-4-2-3-7-17(11)13-8-10(14(16)19)5-6-12(13)18(20)21/h5-6,8-9,11H,2-4,7,15H2,1H3,(H2,16,19). The lowest BCUT2D eigenvalue weighted by molar-refractivity contribution is -0.384. The van der Waals surface area contributed by atoms with Gasteiger partial charge >= 0.3 is 0 Å². The lowest BCUT2D eigenvalue weighted by atomic mass is 9.95. The number of amides is 1. The molecule has 2 atom stereocenters. The molecule has 2 unspecified atom stereocenters. The Bertz CT molecular complexity index is 559. The Morgan fingerprint density at radius 1 is 1.48 bits per heavy atom. The summed E-state index contributed by atoms with van der Waals surface area (Å²) in [5.41, 5.74) is 12.0. The number of benzene rings is 1. The molecule has 1 aromatic carbocycles. The van der Waals surface area contributed by atoms with Gasteiger partial charge in [-0.05, 0) is 38.3 Å². The molecule has 0 spiro atoms. The average Bonchev–Trinajstić information content (AvgIpc) is 2.46. The number of anilines is 1. The third kappa shape index (κ3) is 3.13. The van der Waals surface area contributed by atoms with E-state index in [1.54, 1.807) is 0 Å². The van der Waals surface area contributed by atoms with Crippen molar-refractivity contribution in [2.75, 3.05) is 11.4 Å². The summed E-state index contributed by atoms with van der Waals surface area (Å²) < 4.78 is 0. The van der Waals surface area contributed by atoms with Gasteiger partial charge in [-0.25, -0.2) is 0 Å². The molecule has 114 valence electrons. The van der Waals surface area contributed by atoms with Crippen LogP contribution >= 0.6 is 0 Å². The zero-order valence-electron chi connectivity index (χ0n) is 12.0. The highest BCUT2D eigenvalue weighted by atomic mass is 16.6. The monoisotopic (exact) mass is 292 g/mol. The van der Waals surface area contributed by atoms with E-state index in [1.807, 2.05) is 11.8 Å². The van der Waals surface area contributed by atoms with Crippen LogP contribution in [0.5, 0.6) is 0 Å². The van der Waals surface area contributed by atoms with Crippen molar-refractivity contribution in [2.24, 2.45) is 11.5 Å². The summed E-state index contributed by atoms with van der Waals surface area (Å²) >= 11 is 0. The normalized spacial score (nSPS) is 20.1. The van der Waals surface area contributed by atoms with Gasteiger partial charge in [0.2, 0.25) is 5.91 Å². The minimum absolute atomic E-state index is 0.0208. The molecule has 1 saturated heterocycles. The number of nitrogens with two attached hydrogens (primary N) is 2. The number of hydrogen-bond acceptors (Lipinski definition) is 5. The molecule has 7 heteroatoms. The third-order valence-corrected chi connectivity index (χ3v) is 3.92. The van der Waals surface area contributed by atoms with Crippen LogP contribution in [-0.4, -0.2) is 29.5 Å². The van der Waals surface area contributed by atoms with Gasteiger partial charge in [0.1, 0.15) is 5.69 Å². The van der Waals surface area contributed by atoms with Crippen LogP contribution in [0.1, 0.15) is 36.5 Å². The molecule has 1 aliphatic rings. The number of carbonyl (C=O) groups excluding carboxylic acids is 1. The second-order valence-electron chi connectivity index (χ2n) is 5.44. The highest BCUT2D eigenvalue weighted by Gasteiger charge is 2.30. The molecule has 21 heavy (non-hydrogen) atoms. The van der Waals surface area contributed by atoms with Crippen molar-refractivity contribution < 1.29 is 9.72 Å². The van der Waals surface area contributed by atoms with Crippen molar-refractivity contribution in [3.8, 4) is 0 Å². The number of nitro benzene ring substituents is 1. The third-order valence-electron chi connectivity index (χ3n) is 3.92. The topological polar surface area (TPSA) is 115 Å². The number of primary amides is 1. The number of hydrogen-bond donors (Lipinski definition) is 2. The molecule has 1 aromatic rings. The zero-order chi connectivity index (χ0) is 15.6. The quantitative estimate of drug-likeness (QED) is 0.642. The van der Waals surface area contributed by atoms with E-state index in [2.05, 4.69) is 0 Å². The summed E-state index contributed by atoms with van der Waals surface area (Å²) in [6.45, 7) is 2.59. The van der Waals surface area contributed by atoms with Crippen LogP contribution in [0.2, 0.25) is 0 Å². The molecule has 0 radical (unpaired) electrons. The van der Waals surface area contributed by atoms with E-state index < -0.39 is 10.8 Å². The summed E-state index contributed by atoms with van der Waals surface area (Å²) in [5.74, 6) is -0.597. The first-order chi connectivity index (χ1) is 9.91. The van der Waals surface area contributed by atoms with Gasteiger partial charge in [-0.15, -0.1) is 0 Å².